The Kier molecular flexibility index (Phi) is 4.31. The topological polar surface area (TPSA) is 79.4 Å². The first-order valence-electron chi connectivity index (χ1n) is 6.80. The van der Waals surface area contributed by atoms with Gasteiger partial charge in [-0.1, -0.05) is 6.92 Å². The number of anilines is 1. The molecule has 0 atom stereocenters. The molecule has 0 radical (unpaired) electrons. The maximum atomic E-state index is 5.99. The second-order valence-electron chi connectivity index (χ2n) is 4.59. The molecule has 0 saturated heterocycles. The van der Waals surface area contributed by atoms with Crippen LogP contribution in [0.2, 0.25) is 5.28 Å². The molecule has 6 nitrogen and oxygen atoms in total. The molecule has 3 rings (SSSR count). The van der Waals surface area contributed by atoms with Crippen molar-refractivity contribution in [3.63, 3.8) is 0 Å². The lowest BCUT2D eigenvalue weighted by Gasteiger charge is -2.06. The number of hydrogen-bond acceptors (Lipinski definition) is 6. The van der Waals surface area contributed by atoms with Gasteiger partial charge in [0, 0.05) is 17.8 Å². The van der Waals surface area contributed by atoms with Gasteiger partial charge in [0.2, 0.25) is 5.28 Å². The van der Waals surface area contributed by atoms with Crippen LogP contribution in [0.15, 0.2) is 12.4 Å². The molecule has 21 heavy (non-hydrogen) atoms. The molecule has 3 aromatic rings. The minimum atomic E-state index is 0.282. The average molecular weight is 323 g/mol. The number of nitrogens with zero attached hydrogens (tertiary/aromatic N) is 4. The number of hydrogen-bond donors (Lipinski definition) is 2. The fraction of sp³-hybridized carbons (Fsp3) is 0.385. The Hall–Kier alpha value is -1.73. The van der Waals surface area contributed by atoms with Gasteiger partial charge in [-0.05, 0) is 30.5 Å². The molecular formula is C13H15ClN6S. The number of H-pyrrole nitrogens is 1. The Morgan fingerprint density at radius 2 is 2.29 bits per heavy atom. The summed E-state index contributed by atoms with van der Waals surface area (Å²) < 4.78 is 0. The molecule has 8 heteroatoms. The van der Waals surface area contributed by atoms with E-state index in [1.165, 1.54) is 11.2 Å². The Bertz CT molecular complexity index is 724. The van der Waals surface area contributed by atoms with Crippen molar-refractivity contribution >= 4 is 39.0 Å². The minimum absolute atomic E-state index is 0.282. The molecular weight excluding hydrogens is 308 g/mol. The molecule has 0 aliphatic rings. The molecule has 110 valence electrons. The fourth-order valence-corrected chi connectivity index (χ4v) is 3.25. The third-order valence-electron chi connectivity index (χ3n) is 3.11. The van der Waals surface area contributed by atoms with Crippen LogP contribution in [0, 0.1) is 0 Å². The van der Waals surface area contributed by atoms with E-state index in [-0.39, 0.29) is 5.28 Å². The van der Waals surface area contributed by atoms with Crippen molar-refractivity contribution in [1.82, 2.24) is 25.1 Å². The van der Waals surface area contributed by atoms with E-state index in [1.54, 1.807) is 11.3 Å². The summed E-state index contributed by atoms with van der Waals surface area (Å²) >= 11 is 7.66. The van der Waals surface area contributed by atoms with Crippen molar-refractivity contribution in [3.05, 3.63) is 28.4 Å². The standard InChI is InChI=1S/C13H15ClN6S/c1-2-8-6-9-11(18-13(14)19-12(9)21-8)15-5-3-4-10-16-7-17-20-10/h6-7H,2-5H2,1H3,(H,15,18,19)(H,16,17,20). The van der Waals surface area contributed by atoms with Crippen molar-refractivity contribution in [2.45, 2.75) is 26.2 Å². The van der Waals surface area contributed by atoms with Gasteiger partial charge in [-0.25, -0.2) is 15.0 Å². The van der Waals surface area contributed by atoms with Gasteiger partial charge in [0.05, 0.1) is 5.39 Å². The number of aryl methyl sites for hydroxylation is 2. The number of rotatable bonds is 6. The van der Waals surface area contributed by atoms with Crippen molar-refractivity contribution in [2.75, 3.05) is 11.9 Å². The first-order valence-corrected chi connectivity index (χ1v) is 7.99. The van der Waals surface area contributed by atoms with E-state index in [0.717, 1.165) is 47.7 Å². The summed E-state index contributed by atoms with van der Waals surface area (Å²) in [6.07, 6.45) is 4.29. The Morgan fingerprint density at radius 1 is 1.38 bits per heavy atom. The first-order chi connectivity index (χ1) is 10.3. The van der Waals surface area contributed by atoms with Crippen LogP contribution < -0.4 is 5.32 Å². The molecule has 0 aromatic carbocycles. The highest BCUT2D eigenvalue weighted by atomic mass is 35.5. The van der Waals surface area contributed by atoms with Crippen molar-refractivity contribution in [2.24, 2.45) is 0 Å². The fourth-order valence-electron chi connectivity index (χ4n) is 2.07. The van der Waals surface area contributed by atoms with Crippen LogP contribution in [-0.2, 0) is 12.8 Å². The molecule has 2 N–H and O–H groups in total. The molecule has 3 aromatic heterocycles. The van der Waals surface area contributed by atoms with Crippen LogP contribution in [0.4, 0.5) is 5.82 Å². The number of halogens is 1. The van der Waals surface area contributed by atoms with Crippen LogP contribution in [0.25, 0.3) is 10.2 Å². The van der Waals surface area contributed by atoms with Crippen LogP contribution in [-0.4, -0.2) is 31.7 Å². The van der Waals surface area contributed by atoms with E-state index >= 15 is 0 Å². The normalized spacial score (nSPS) is 11.1. The lowest BCUT2D eigenvalue weighted by Crippen LogP contribution is -2.06. The molecule has 0 bridgehead atoms. The highest BCUT2D eigenvalue weighted by Gasteiger charge is 2.10. The molecule has 3 heterocycles. The summed E-state index contributed by atoms with van der Waals surface area (Å²) in [4.78, 5) is 14.9. The summed E-state index contributed by atoms with van der Waals surface area (Å²) in [5, 5.41) is 11.3. The van der Waals surface area contributed by atoms with Gasteiger partial charge in [-0.2, -0.15) is 5.10 Å². The first kappa shape index (κ1) is 14.2. The number of nitrogens with one attached hydrogen (secondary N) is 2. The van der Waals surface area contributed by atoms with E-state index in [2.05, 4.69) is 43.5 Å². The van der Waals surface area contributed by atoms with Gasteiger partial charge in [0.1, 0.15) is 22.8 Å². The van der Waals surface area contributed by atoms with E-state index in [4.69, 9.17) is 11.6 Å². The molecule has 0 amide bonds. The monoisotopic (exact) mass is 322 g/mol. The smallest absolute Gasteiger partial charge is 0.225 e. The average Bonchev–Trinajstić information content (AvgIpc) is 3.11. The van der Waals surface area contributed by atoms with E-state index < -0.39 is 0 Å². The van der Waals surface area contributed by atoms with Crippen molar-refractivity contribution < 1.29 is 0 Å². The van der Waals surface area contributed by atoms with Gasteiger partial charge in [-0.15, -0.1) is 11.3 Å². The van der Waals surface area contributed by atoms with E-state index in [0.29, 0.717) is 0 Å². The van der Waals surface area contributed by atoms with Gasteiger partial charge in [0.15, 0.2) is 0 Å². The van der Waals surface area contributed by atoms with Crippen LogP contribution in [0.1, 0.15) is 24.0 Å². The quantitative estimate of drug-likeness (QED) is 0.538. The van der Waals surface area contributed by atoms with Gasteiger partial charge < -0.3 is 5.32 Å². The summed E-state index contributed by atoms with van der Waals surface area (Å²) in [5.41, 5.74) is 0. The second kappa shape index (κ2) is 6.36. The molecule has 0 fully saturated rings. The number of thiophene rings is 1. The van der Waals surface area contributed by atoms with Crippen LogP contribution in [0.5, 0.6) is 0 Å². The number of fused-ring (bicyclic) bond motifs is 1. The summed E-state index contributed by atoms with van der Waals surface area (Å²) in [6, 6.07) is 2.13. The van der Waals surface area contributed by atoms with Gasteiger partial charge in [-0.3, -0.25) is 5.10 Å². The lowest BCUT2D eigenvalue weighted by atomic mass is 10.3. The zero-order chi connectivity index (χ0) is 14.7. The third-order valence-corrected chi connectivity index (χ3v) is 4.45. The maximum Gasteiger partial charge on any atom is 0.225 e. The molecule has 0 aliphatic carbocycles. The second-order valence-corrected chi connectivity index (χ2v) is 6.04. The Labute approximate surface area is 131 Å². The molecule has 0 saturated carbocycles. The third kappa shape index (κ3) is 3.30. The largest absolute Gasteiger partial charge is 0.369 e. The highest BCUT2D eigenvalue weighted by Crippen LogP contribution is 2.30. The minimum Gasteiger partial charge on any atom is -0.369 e. The zero-order valence-electron chi connectivity index (χ0n) is 11.6. The molecule has 0 aliphatic heterocycles. The predicted molar refractivity (Wildman–Crippen MR) is 85.0 cm³/mol. The highest BCUT2D eigenvalue weighted by molar-refractivity contribution is 7.18. The van der Waals surface area contributed by atoms with Crippen molar-refractivity contribution in [3.8, 4) is 0 Å². The maximum absolute atomic E-state index is 5.99. The van der Waals surface area contributed by atoms with Gasteiger partial charge >= 0.3 is 0 Å². The number of aromatic nitrogens is 5. The Balaban J connectivity index is 1.69. The number of aromatic amines is 1. The predicted octanol–water partition coefficient (Wildman–Crippen LogP) is 3.07. The van der Waals surface area contributed by atoms with Crippen LogP contribution >= 0.6 is 22.9 Å². The summed E-state index contributed by atoms with van der Waals surface area (Å²) in [7, 11) is 0. The van der Waals surface area contributed by atoms with Crippen LogP contribution in [0.3, 0.4) is 0 Å². The Morgan fingerprint density at radius 3 is 3.05 bits per heavy atom. The lowest BCUT2D eigenvalue weighted by molar-refractivity contribution is 0.804. The van der Waals surface area contributed by atoms with Crippen molar-refractivity contribution in [1.29, 1.82) is 0 Å². The zero-order valence-corrected chi connectivity index (χ0v) is 13.1. The van der Waals surface area contributed by atoms with Gasteiger partial charge in [0.25, 0.3) is 0 Å². The van der Waals surface area contributed by atoms with E-state index in [9.17, 15) is 0 Å². The SMILES string of the molecule is CCc1cc2c(NCCCc3ncn[nH]3)nc(Cl)nc2s1. The summed E-state index contributed by atoms with van der Waals surface area (Å²) in [5.74, 6) is 1.70. The molecule has 0 unspecified atom stereocenters. The summed E-state index contributed by atoms with van der Waals surface area (Å²) in [6.45, 7) is 2.92. The van der Waals surface area contributed by atoms with E-state index in [1.807, 2.05) is 0 Å². The molecule has 0 spiro atoms.